The highest BCUT2D eigenvalue weighted by molar-refractivity contribution is 9.10. The zero-order chi connectivity index (χ0) is 20.1. The van der Waals surface area contributed by atoms with Crippen molar-refractivity contribution in [3.05, 3.63) is 63.5 Å². The molecule has 1 heterocycles. The molecule has 0 spiro atoms. The second-order valence-corrected chi connectivity index (χ2v) is 7.95. The zero-order valence-electron chi connectivity index (χ0n) is 15.8. The van der Waals surface area contributed by atoms with Gasteiger partial charge in [0.05, 0.1) is 19.3 Å². The molecule has 8 heteroatoms. The highest BCUT2D eigenvalue weighted by atomic mass is 79.9. The molecule has 0 bridgehead atoms. The van der Waals surface area contributed by atoms with E-state index in [1.807, 2.05) is 50.2 Å². The van der Waals surface area contributed by atoms with Crippen LogP contribution in [0, 0.1) is 13.8 Å². The molecular formula is C20H20BrN3O3S. The monoisotopic (exact) mass is 461 g/mol. The van der Waals surface area contributed by atoms with Crippen LogP contribution in [0.2, 0.25) is 0 Å². The molecule has 6 nitrogen and oxygen atoms in total. The molecular weight excluding hydrogens is 442 g/mol. The van der Waals surface area contributed by atoms with E-state index in [1.165, 1.54) is 11.8 Å². The maximum atomic E-state index is 12.2. The standard InChI is InChI=1S/C20H20BrN3O3S/c1-12-13(2)17(9-8-16(12)21)22-18(25)11-28-20-24-23-19(27-20)10-14-4-6-15(26-3)7-5-14/h4-9H,10-11H2,1-3H3,(H,22,25). The molecule has 0 unspecified atom stereocenters. The number of anilines is 1. The van der Waals surface area contributed by atoms with Gasteiger partial charge in [0.15, 0.2) is 0 Å². The van der Waals surface area contributed by atoms with E-state index in [9.17, 15) is 4.79 Å². The van der Waals surface area contributed by atoms with E-state index >= 15 is 0 Å². The molecule has 1 aromatic heterocycles. The number of hydrogen-bond donors (Lipinski definition) is 1. The van der Waals surface area contributed by atoms with E-state index in [0.717, 1.165) is 32.6 Å². The van der Waals surface area contributed by atoms with Gasteiger partial charge in [-0.1, -0.05) is 39.8 Å². The number of carbonyl (C=O) groups is 1. The van der Waals surface area contributed by atoms with E-state index in [0.29, 0.717) is 17.5 Å². The normalized spacial score (nSPS) is 10.7. The van der Waals surface area contributed by atoms with Gasteiger partial charge in [-0.25, -0.2) is 0 Å². The number of nitrogens with zero attached hydrogens (tertiary/aromatic N) is 2. The van der Waals surface area contributed by atoms with Crippen molar-refractivity contribution in [3.63, 3.8) is 0 Å². The maximum Gasteiger partial charge on any atom is 0.277 e. The Labute approximate surface area is 176 Å². The third kappa shape index (κ3) is 5.14. The predicted octanol–water partition coefficient (Wildman–Crippen LogP) is 4.78. The van der Waals surface area contributed by atoms with Crippen LogP contribution in [0.1, 0.15) is 22.6 Å². The van der Waals surface area contributed by atoms with Crippen molar-refractivity contribution in [3.8, 4) is 5.75 Å². The topological polar surface area (TPSA) is 77.2 Å². The Morgan fingerprint density at radius 1 is 1.14 bits per heavy atom. The molecule has 3 rings (SSSR count). The molecule has 1 amide bonds. The highest BCUT2D eigenvalue weighted by Crippen LogP contribution is 2.26. The van der Waals surface area contributed by atoms with Crippen LogP contribution in [0.15, 0.2) is 50.5 Å². The molecule has 0 atom stereocenters. The van der Waals surface area contributed by atoms with Crippen molar-refractivity contribution in [2.75, 3.05) is 18.2 Å². The van der Waals surface area contributed by atoms with Crippen LogP contribution in [0.4, 0.5) is 5.69 Å². The van der Waals surface area contributed by atoms with Crippen LogP contribution in [-0.2, 0) is 11.2 Å². The second-order valence-electron chi connectivity index (χ2n) is 6.17. The van der Waals surface area contributed by atoms with Gasteiger partial charge in [-0.05, 0) is 54.8 Å². The first-order chi connectivity index (χ1) is 13.5. The molecule has 3 aromatic rings. The van der Waals surface area contributed by atoms with Gasteiger partial charge in [-0.3, -0.25) is 4.79 Å². The quantitative estimate of drug-likeness (QED) is 0.510. The second kappa shape index (κ2) is 9.25. The van der Waals surface area contributed by atoms with Crippen molar-refractivity contribution < 1.29 is 13.9 Å². The summed E-state index contributed by atoms with van der Waals surface area (Å²) in [4.78, 5) is 12.2. The van der Waals surface area contributed by atoms with Crippen LogP contribution >= 0.6 is 27.7 Å². The number of aromatic nitrogens is 2. The number of rotatable bonds is 7. The van der Waals surface area contributed by atoms with Gasteiger partial charge >= 0.3 is 0 Å². The number of halogens is 1. The first kappa shape index (κ1) is 20.4. The number of carbonyl (C=O) groups excluding carboxylic acids is 1. The molecule has 28 heavy (non-hydrogen) atoms. The Bertz CT molecular complexity index is 973. The van der Waals surface area contributed by atoms with Crippen molar-refractivity contribution in [2.24, 2.45) is 0 Å². The summed E-state index contributed by atoms with van der Waals surface area (Å²) < 4.78 is 11.8. The minimum Gasteiger partial charge on any atom is -0.497 e. The molecule has 0 saturated carbocycles. The fraction of sp³-hybridized carbons (Fsp3) is 0.250. The number of hydrogen-bond acceptors (Lipinski definition) is 6. The van der Waals surface area contributed by atoms with Gasteiger partial charge in [0.2, 0.25) is 11.8 Å². The molecule has 146 valence electrons. The Morgan fingerprint density at radius 3 is 2.61 bits per heavy atom. The van der Waals surface area contributed by atoms with Crippen molar-refractivity contribution in [2.45, 2.75) is 25.5 Å². The van der Waals surface area contributed by atoms with Crippen LogP contribution < -0.4 is 10.1 Å². The van der Waals surface area contributed by atoms with Crippen molar-refractivity contribution in [1.82, 2.24) is 10.2 Å². The Balaban J connectivity index is 1.53. The lowest BCUT2D eigenvalue weighted by Crippen LogP contribution is -2.15. The average molecular weight is 462 g/mol. The van der Waals surface area contributed by atoms with Crippen LogP contribution in [-0.4, -0.2) is 29.0 Å². The lowest BCUT2D eigenvalue weighted by molar-refractivity contribution is -0.113. The van der Waals surface area contributed by atoms with E-state index in [-0.39, 0.29) is 11.7 Å². The van der Waals surface area contributed by atoms with Gasteiger partial charge in [0.25, 0.3) is 5.22 Å². The Hall–Kier alpha value is -2.32. The zero-order valence-corrected chi connectivity index (χ0v) is 18.2. The predicted molar refractivity (Wildman–Crippen MR) is 113 cm³/mol. The van der Waals surface area contributed by atoms with E-state index in [4.69, 9.17) is 9.15 Å². The summed E-state index contributed by atoms with van der Waals surface area (Å²) in [5.74, 6) is 1.38. The summed E-state index contributed by atoms with van der Waals surface area (Å²) in [6, 6.07) is 11.5. The number of nitrogens with one attached hydrogen (secondary N) is 1. The van der Waals surface area contributed by atoms with Gasteiger partial charge in [0.1, 0.15) is 5.75 Å². The fourth-order valence-corrected chi connectivity index (χ4v) is 3.53. The van der Waals surface area contributed by atoms with Crippen LogP contribution in [0.5, 0.6) is 5.75 Å². The lowest BCUT2D eigenvalue weighted by Gasteiger charge is -2.11. The van der Waals surface area contributed by atoms with Crippen molar-refractivity contribution >= 4 is 39.3 Å². The number of methoxy groups -OCH3 is 1. The van der Waals surface area contributed by atoms with Gasteiger partial charge in [-0.2, -0.15) is 0 Å². The van der Waals surface area contributed by atoms with E-state index in [1.54, 1.807) is 7.11 Å². The molecule has 2 aromatic carbocycles. The SMILES string of the molecule is COc1ccc(Cc2nnc(SCC(=O)Nc3ccc(Br)c(C)c3C)o2)cc1. The Kier molecular flexibility index (Phi) is 6.74. The number of ether oxygens (including phenoxy) is 1. The number of amides is 1. The summed E-state index contributed by atoms with van der Waals surface area (Å²) in [6.07, 6.45) is 0.529. The minimum atomic E-state index is -0.121. The third-order valence-corrected chi connectivity index (χ3v) is 5.96. The summed E-state index contributed by atoms with van der Waals surface area (Å²) in [5.41, 5.74) is 3.98. The average Bonchev–Trinajstić information content (AvgIpc) is 3.15. The van der Waals surface area contributed by atoms with Crippen LogP contribution in [0.3, 0.4) is 0 Å². The lowest BCUT2D eigenvalue weighted by atomic mass is 10.1. The smallest absolute Gasteiger partial charge is 0.277 e. The summed E-state index contributed by atoms with van der Waals surface area (Å²) in [7, 11) is 1.63. The highest BCUT2D eigenvalue weighted by Gasteiger charge is 2.12. The fourth-order valence-electron chi connectivity index (χ4n) is 2.52. The molecule has 0 saturated heterocycles. The minimum absolute atomic E-state index is 0.121. The van der Waals surface area contributed by atoms with Crippen LogP contribution in [0.25, 0.3) is 0 Å². The van der Waals surface area contributed by atoms with E-state index in [2.05, 4.69) is 31.4 Å². The summed E-state index contributed by atoms with van der Waals surface area (Å²) in [5, 5.41) is 11.4. The summed E-state index contributed by atoms with van der Waals surface area (Å²) >= 11 is 4.71. The molecule has 1 N–H and O–H groups in total. The van der Waals surface area contributed by atoms with Gasteiger partial charge < -0.3 is 14.5 Å². The van der Waals surface area contributed by atoms with Gasteiger partial charge in [0, 0.05) is 10.2 Å². The molecule has 0 aliphatic rings. The van der Waals surface area contributed by atoms with E-state index < -0.39 is 0 Å². The summed E-state index contributed by atoms with van der Waals surface area (Å²) in [6.45, 7) is 3.99. The maximum absolute atomic E-state index is 12.2. The van der Waals surface area contributed by atoms with Gasteiger partial charge in [-0.15, -0.1) is 10.2 Å². The Morgan fingerprint density at radius 2 is 1.89 bits per heavy atom. The van der Waals surface area contributed by atoms with Crippen molar-refractivity contribution in [1.29, 1.82) is 0 Å². The number of thioether (sulfide) groups is 1. The third-order valence-electron chi connectivity index (χ3n) is 4.28. The molecule has 0 aliphatic heterocycles. The first-order valence-electron chi connectivity index (χ1n) is 8.60. The molecule has 0 fully saturated rings. The molecule has 0 radical (unpaired) electrons. The molecule has 0 aliphatic carbocycles. The first-order valence-corrected chi connectivity index (χ1v) is 10.4. The largest absolute Gasteiger partial charge is 0.497 e. The number of benzene rings is 2.